The highest BCUT2D eigenvalue weighted by Gasteiger charge is 2.18. The summed E-state index contributed by atoms with van der Waals surface area (Å²) < 4.78 is 7.36. The maximum atomic E-state index is 5.37. The number of ether oxygens (including phenoxy) is 1. The molecule has 3 rings (SSSR count). The molecule has 4 heteroatoms. The van der Waals surface area contributed by atoms with Crippen LogP contribution in [0, 0.1) is 6.92 Å². The Morgan fingerprint density at radius 3 is 3.00 bits per heavy atom. The second-order valence-electron chi connectivity index (χ2n) is 4.36. The zero-order valence-electron chi connectivity index (χ0n) is 9.84. The lowest BCUT2D eigenvalue weighted by atomic mass is 10.2. The van der Waals surface area contributed by atoms with Crippen LogP contribution in [0.4, 0.5) is 0 Å². The molecule has 0 aliphatic carbocycles. The molecule has 1 unspecified atom stereocenters. The van der Waals surface area contributed by atoms with Gasteiger partial charge in [-0.05, 0) is 31.5 Å². The molecule has 0 N–H and O–H groups in total. The summed E-state index contributed by atoms with van der Waals surface area (Å²) >= 11 is 0. The normalized spacial score (nSPS) is 19.7. The average Bonchev–Trinajstić information content (AvgIpc) is 3.00. The summed E-state index contributed by atoms with van der Waals surface area (Å²) in [6.45, 7) is 3.59. The molecule has 0 amide bonds. The van der Waals surface area contributed by atoms with Crippen molar-refractivity contribution < 1.29 is 4.74 Å². The molecule has 1 fully saturated rings. The molecular weight excluding hydrogens is 214 g/mol. The van der Waals surface area contributed by atoms with Crippen molar-refractivity contribution in [3.63, 3.8) is 0 Å². The van der Waals surface area contributed by atoms with Crippen LogP contribution in [0.15, 0.2) is 30.5 Å². The molecule has 0 aromatic carbocycles. The summed E-state index contributed by atoms with van der Waals surface area (Å²) in [6, 6.07) is 8.39. The summed E-state index contributed by atoms with van der Waals surface area (Å²) in [7, 11) is 0. The van der Waals surface area contributed by atoms with Crippen molar-refractivity contribution in [3.05, 3.63) is 36.2 Å². The van der Waals surface area contributed by atoms with Gasteiger partial charge in [0.1, 0.15) is 5.69 Å². The molecule has 4 nitrogen and oxygen atoms in total. The Morgan fingerprint density at radius 1 is 1.29 bits per heavy atom. The van der Waals surface area contributed by atoms with Gasteiger partial charge in [0.25, 0.3) is 0 Å². The van der Waals surface area contributed by atoms with Gasteiger partial charge in [0, 0.05) is 18.5 Å². The lowest BCUT2D eigenvalue weighted by Gasteiger charge is -2.07. The molecule has 0 radical (unpaired) electrons. The van der Waals surface area contributed by atoms with E-state index < -0.39 is 0 Å². The molecule has 1 saturated heterocycles. The monoisotopic (exact) mass is 229 g/mol. The molecule has 2 aromatic rings. The molecule has 88 valence electrons. The van der Waals surface area contributed by atoms with Crippen LogP contribution in [0.2, 0.25) is 0 Å². The molecule has 1 atom stereocenters. The number of pyridine rings is 1. The van der Waals surface area contributed by atoms with Crippen LogP contribution < -0.4 is 0 Å². The maximum absolute atomic E-state index is 5.37. The van der Waals surface area contributed by atoms with E-state index in [1.807, 2.05) is 42.1 Å². The maximum Gasteiger partial charge on any atom is 0.111 e. The molecule has 1 aliphatic heterocycles. The fraction of sp³-hybridized carbons (Fsp3) is 0.385. The van der Waals surface area contributed by atoms with E-state index in [2.05, 4.69) is 10.1 Å². The van der Waals surface area contributed by atoms with Crippen molar-refractivity contribution in [1.29, 1.82) is 0 Å². The molecule has 1 aliphatic rings. The lowest BCUT2D eigenvalue weighted by molar-refractivity contribution is 0.184. The second-order valence-corrected chi connectivity index (χ2v) is 4.36. The van der Waals surface area contributed by atoms with Gasteiger partial charge in [0.05, 0.1) is 18.3 Å². The van der Waals surface area contributed by atoms with Crippen LogP contribution in [0.25, 0.3) is 11.4 Å². The first-order valence-corrected chi connectivity index (χ1v) is 5.90. The number of aryl methyl sites for hydroxylation is 1. The average molecular weight is 229 g/mol. The van der Waals surface area contributed by atoms with E-state index in [4.69, 9.17) is 4.74 Å². The Bertz CT molecular complexity index is 515. The van der Waals surface area contributed by atoms with Crippen LogP contribution in [-0.2, 0) is 4.74 Å². The minimum absolute atomic E-state index is 0.383. The Labute approximate surface area is 100 Å². The largest absolute Gasteiger partial charge is 0.379 e. The predicted molar refractivity (Wildman–Crippen MR) is 64.7 cm³/mol. The molecule has 2 aromatic heterocycles. The van der Waals surface area contributed by atoms with Gasteiger partial charge in [-0.1, -0.05) is 6.07 Å². The van der Waals surface area contributed by atoms with E-state index in [9.17, 15) is 0 Å². The third-order valence-electron chi connectivity index (χ3n) is 3.04. The molecule has 0 spiro atoms. The van der Waals surface area contributed by atoms with Crippen LogP contribution in [-0.4, -0.2) is 28.0 Å². The summed E-state index contributed by atoms with van der Waals surface area (Å²) in [6.07, 6.45) is 3.06. The molecule has 0 saturated carbocycles. The first-order chi connectivity index (χ1) is 8.33. The van der Waals surface area contributed by atoms with Crippen LogP contribution >= 0.6 is 0 Å². The van der Waals surface area contributed by atoms with E-state index in [-0.39, 0.29) is 0 Å². The summed E-state index contributed by atoms with van der Waals surface area (Å²) in [5.41, 5.74) is 2.88. The first-order valence-electron chi connectivity index (χ1n) is 5.90. The zero-order valence-corrected chi connectivity index (χ0v) is 9.84. The van der Waals surface area contributed by atoms with E-state index in [1.54, 1.807) is 0 Å². The Kier molecular flexibility index (Phi) is 2.65. The second kappa shape index (κ2) is 4.30. The van der Waals surface area contributed by atoms with Gasteiger partial charge in [0.15, 0.2) is 0 Å². The Balaban J connectivity index is 1.89. The summed E-state index contributed by atoms with van der Waals surface area (Å²) in [5, 5.41) is 4.58. The van der Waals surface area contributed by atoms with Gasteiger partial charge in [-0.15, -0.1) is 0 Å². The first kappa shape index (κ1) is 10.5. The highest BCUT2D eigenvalue weighted by atomic mass is 16.5. The predicted octanol–water partition coefficient (Wildman–Crippen LogP) is 2.21. The number of rotatable bonds is 2. The topological polar surface area (TPSA) is 39.9 Å². The quantitative estimate of drug-likeness (QED) is 0.792. The van der Waals surface area contributed by atoms with Crippen LogP contribution in [0.1, 0.15) is 18.2 Å². The van der Waals surface area contributed by atoms with Gasteiger partial charge in [-0.3, -0.25) is 9.67 Å². The smallest absolute Gasteiger partial charge is 0.111 e. The van der Waals surface area contributed by atoms with E-state index in [0.717, 1.165) is 36.7 Å². The van der Waals surface area contributed by atoms with Crippen molar-refractivity contribution in [2.24, 2.45) is 0 Å². The van der Waals surface area contributed by atoms with Crippen molar-refractivity contribution in [2.45, 2.75) is 19.4 Å². The van der Waals surface area contributed by atoms with Crippen molar-refractivity contribution in [2.75, 3.05) is 13.2 Å². The SMILES string of the molecule is Cc1cccc(-c2ccn(C3CCOC3)n2)n1. The third-order valence-corrected chi connectivity index (χ3v) is 3.04. The number of nitrogens with zero attached hydrogens (tertiary/aromatic N) is 3. The Morgan fingerprint density at radius 2 is 2.24 bits per heavy atom. The third kappa shape index (κ3) is 2.08. The minimum atomic E-state index is 0.383. The minimum Gasteiger partial charge on any atom is -0.379 e. The van der Waals surface area contributed by atoms with Crippen molar-refractivity contribution >= 4 is 0 Å². The molecular formula is C13H15N3O. The van der Waals surface area contributed by atoms with E-state index in [1.165, 1.54) is 0 Å². The lowest BCUT2D eigenvalue weighted by Crippen LogP contribution is -2.09. The van der Waals surface area contributed by atoms with Gasteiger partial charge in [-0.2, -0.15) is 5.10 Å². The molecule has 0 bridgehead atoms. The summed E-state index contributed by atoms with van der Waals surface area (Å²) in [5.74, 6) is 0. The van der Waals surface area contributed by atoms with Crippen LogP contribution in [0.3, 0.4) is 0 Å². The van der Waals surface area contributed by atoms with Gasteiger partial charge < -0.3 is 4.74 Å². The van der Waals surface area contributed by atoms with Crippen LogP contribution in [0.5, 0.6) is 0 Å². The fourth-order valence-corrected chi connectivity index (χ4v) is 2.09. The number of hydrogen-bond donors (Lipinski definition) is 0. The van der Waals surface area contributed by atoms with Crippen molar-refractivity contribution in [1.82, 2.24) is 14.8 Å². The number of aromatic nitrogens is 3. The molecule has 17 heavy (non-hydrogen) atoms. The highest BCUT2D eigenvalue weighted by molar-refractivity contribution is 5.53. The van der Waals surface area contributed by atoms with Gasteiger partial charge >= 0.3 is 0 Å². The summed E-state index contributed by atoms with van der Waals surface area (Å²) in [4.78, 5) is 4.48. The van der Waals surface area contributed by atoms with Crippen molar-refractivity contribution in [3.8, 4) is 11.4 Å². The van der Waals surface area contributed by atoms with E-state index in [0.29, 0.717) is 6.04 Å². The van der Waals surface area contributed by atoms with Gasteiger partial charge in [-0.25, -0.2) is 0 Å². The molecule has 3 heterocycles. The standard InChI is InChI=1S/C13H15N3O/c1-10-3-2-4-12(14-10)13-5-7-16(15-13)11-6-8-17-9-11/h2-5,7,11H,6,8-9H2,1H3. The fourth-order valence-electron chi connectivity index (χ4n) is 2.09. The number of hydrogen-bond acceptors (Lipinski definition) is 3. The highest BCUT2D eigenvalue weighted by Crippen LogP contribution is 2.21. The Hall–Kier alpha value is -1.68. The van der Waals surface area contributed by atoms with E-state index >= 15 is 0 Å². The van der Waals surface area contributed by atoms with Gasteiger partial charge in [0.2, 0.25) is 0 Å². The zero-order chi connectivity index (χ0) is 11.7.